The molecule has 1 aromatic heterocycles. The fourth-order valence-electron chi connectivity index (χ4n) is 2.56. The van der Waals surface area contributed by atoms with Crippen molar-refractivity contribution in [2.75, 3.05) is 5.32 Å². The highest BCUT2D eigenvalue weighted by Gasteiger charge is 2.14. The SMILES string of the molecule is Cc1ccc(C)c(NC(=O)c2ccc(-c3ccc(C)c(C)c3)o2)c1. The van der Waals surface area contributed by atoms with Gasteiger partial charge in [0.15, 0.2) is 5.76 Å². The van der Waals surface area contributed by atoms with Crippen molar-refractivity contribution in [2.24, 2.45) is 0 Å². The number of nitrogens with one attached hydrogen (secondary N) is 1. The zero-order valence-corrected chi connectivity index (χ0v) is 14.4. The molecular formula is C21H21NO2. The molecule has 0 aliphatic carbocycles. The van der Waals surface area contributed by atoms with E-state index in [0.29, 0.717) is 11.5 Å². The molecule has 0 aliphatic heterocycles. The molecule has 0 radical (unpaired) electrons. The van der Waals surface area contributed by atoms with Crippen molar-refractivity contribution in [1.29, 1.82) is 0 Å². The molecule has 1 heterocycles. The average Bonchev–Trinajstić information content (AvgIpc) is 3.03. The molecule has 3 heteroatoms. The second kappa shape index (κ2) is 6.36. The molecular weight excluding hydrogens is 298 g/mol. The summed E-state index contributed by atoms with van der Waals surface area (Å²) >= 11 is 0. The molecule has 2 aromatic carbocycles. The lowest BCUT2D eigenvalue weighted by Gasteiger charge is -2.08. The molecule has 24 heavy (non-hydrogen) atoms. The Morgan fingerprint density at radius 3 is 2.33 bits per heavy atom. The molecule has 3 rings (SSSR count). The number of aryl methyl sites for hydroxylation is 4. The second-order valence-electron chi connectivity index (χ2n) is 6.24. The lowest BCUT2D eigenvalue weighted by atomic mass is 10.1. The first kappa shape index (κ1) is 16.1. The van der Waals surface area contributed by atoms with Crippen molar-refractivity contribution in [1.82, 2.24) is 0 Å². The van der Waals surface area contributed by atoms with E-state index in [1.165, 1.54) is 11.1 Å². The summed E-state index contributed by atoms with van der Waals surface area (Å²) in [5.74, 6) is 0.770. The number of carbonyl (C=O) groups excluding carboxylic acids is 1. The maximum absolute atomic E-state index is 12.4. The first-order valence-electron chi connectivity index (χ1n) is 8.00. The first-order chi connectivity index (χ1) is 11.4. The molecule has 3 nitrogen and oxygen atoms in total. The predicted molar refractivity (Wildman–Crippen MR) is 97.5 cm³/mol. The van der Waals surface area contributed by atoms with Gasteiger partial charge < -0.3 is 9.73 Å². The molecule has 1 amide bonds. The van der Waals surface area contributed by atoms with Crippen molar-refractivity contribution in [3.63, 3.8) is 0 Å². The van der Waals surface area contributed by atoms with E-state index >= 15 is 0 Å². The van der Waals surface area contributed by atoms with Crippen LogP contribution in [0.25, 0.3) is 11.3 Å². The highest BCUT2D eigenvalue weighted by Crippen LogP contribution is 2.25. The Kier molecular flexibility index (Phi) is 4.26. The van der Waals surface area contributed by atoms with Crippen LogP contribution in [0.4, 0.5) is 5.69 Å². The molecule has 0 saturated carbocycles. The Morgan fingerprint density at radius 2 is 1.58 bits per heavy atom. The van der Waals surface area contributed by atoms with E-state index in [4.69, 9.17) is 4.42 Å². The molecule has 1 N–H and O–H groups in total. The molecule has 0 saturated heterocycles. The minimum absolute atomic E-state index is 0.237. The van der Waals surface area contributed by atoms with Gasteiger partial charge in [-0.1, -0.05) is 24.3 Å². The Bertz CT molecular complexity index is 906. The Labute approximate surface area is 142 Å². The maximum atomic E-state index is 12.4. The first-order valence-corrected chi connectivity index (χ1v) is 8.00. The van der Waals surface area contributed by atoms with Gasteiger partial charge in [-0.25, -0.2) is 0 Å². The van der Waals surface area contributed by atoms with Crippen LogP contribution in [0, 0.1) is 27.7 Å². The normalized spacial score (nSPS) is 10.7. The van der Waals surface area contributed by atoms with Gasteiger partial charge in [-0.2, -0.15) is 0 Å². The van der Waals surface area contributed by atoms with Crippen LogP contribution in [-0.2, 0) is 0 Å². The number of benzene rings is 2. The molecule has 0 fully saturated rings. The number of hydrogen-bond acceptors (Lipinski definition) is 2. The molecule has 0 spiro atoms. The number of hydrogen-bond donors (Lipinski definition) is 1. The van der Waals surface area contributed by atoms with Crippen LogP contribution in [0.1, 0.15) is 32.8 Å². The molecule has 0 aliphatic rings. The Hall–Kier alpha value is -2.81. The van der Waals surface area contributed by atoms with E-state index in [1.807, 2.05) is 44.2 Å². The third kappa shape index (κ3) is 3.25. The number of amides is 1. The van der Waals surface area contributed by atoms with Crippen molar-refractivity contribution in [3.05, 3.63) is 76.5 Å². The van der Waals surface area contributed by atoms with Crippen molar-refractivity contribution < 1.29 is 9.21 Å². The Morgan fingerprint density at radius 1 is 0.833 bits per heavy atom. The summed E-state index contributed by atoms with van der Waals surface area (Å²) in [6, 6.07) is 15.7. The third-order valence-electron chi connectivity index (χ3n) is 4.26. The van der Waals surface area contributed by atoms with Crippen LogP contribution in [0.2, 0.25) is 0 Å². The topological polar surface area (TPSA) is 42.2 Å². The molecule has 3 aromatic rings. The highest BCUT2D eigenvalue weighted by atomic mass is 16.3. The van der Waals surface area contributed by atoms with Gasteiger partial charge >= 0.3 is 0 Å². The smallest absolute Gasteiger partial charge is 0.291 e. The number of furan rings is 1. The van der Waals surface area contributed by atoms with Crippen LogP contribution in [0.15, 0.2) is 52.9 Å². The summed E-state index contributed by atoms with van der Waals surface area (Å²) in [7, 11) is 0. The summed E-state index contributed by atoms with van der Waals surface area (Å²) in [4.78, 5) is 12.4. The highest BCUT2D eigenvalue weighted by molar-refractivity contribution is 6.03. The summed E-state index contributed by atoms with van der Waals surface area (Å²) in [5, 5.41) is 2.92. The van der Waals surface area contributed by atoms with Crippen LogP contribution < -0.4 is 5.32 Å². The van der Waals surface area contributed by atoms with Gasteiger partial charge in [0.1, 0.15) is 5.76 Å². The molecule has 122 valence electrons. The van der Waals surface area contributed by atoms with E-state index in [2.05, 4.69) is 31.3 Å². The van der Waals surface area contributed by atoms with E-state index in [0.717, 1.165) is 22.4 Å². The van der Waals surface area contributed by atoms with Gasteiger partial charge in [0, 0.05) is 11.3 Å². The lowest BCUT2D eigenvalue weighted by molar-refractivity contribution is 0.0997. The van der Waals surface area contributed by atoms with Crippen molar-refractivity contribution in [3.8, 4) is 11.3 Å². The summed E-state index contributed by atoms with van der Waals surface area (Å²) < 4.78 is 5.76. The van der Waals surface area contributed by atoms with E-state index in [-0.39, 0.29) is 5.91 Å². The van der Waals surface area contributed by atoms with Crippen LogP contribution in [0.3, 0.4) is 0 Å². The van der Waals surface area contributed by atoms with Gasteiger partial charge in [-0.05, 0) is 74.2 Å². The largest absolute Gasteiger partial charge is 0.451 e. The molecule has 0 atom stereocenters. The van der Waals surface area contributed by atoms with Crippen molar-refractivity contribution >= 4 is 11.6 Å². The van der Waals surface area contributed by atoms with Gasteiger partial charge in [-0.3, -0.25) is 4.79 Å². The lowest BCUT2D eigenvalue weighted by Crippen LogP contribution is -2.11. The third-order valence-corrected chi connectivity index (χ3v) is 4.26. The van der Waals surface area contributed by atoms with E-state index in [9.17, 15) is 4.79 Å². The average molecular weight is 319 g/mol. The second-order valence-corrected chi connectivity index (χ2v) is 6.24. The zero-order chi connectivity index (χ0) is 17.3. The minimum Gasteiger partial charge on any atom is -0.451 e. The van der Waals surface area contributed by atoms with Crippen LogP contribution in [-0.4, -0.2) is 5.91 Å². The summed E-state index contributed by atoms with van der Waals surface area (Å²) in [6.45, 7) is 8.11. The molecule has 0 bridgehead atoms. The number of carbonyl (C=O) groups is 1. The van der Waals surface area contributed by atoms with Gasteiger partial charge in [0.25, 0.3) is 5.91 Å². The fourth-order valence-corrected chi connectivity index (χ4v) is 2.56. The number of anilines is 1. The quantitative estimate of drug-likeness (QED) is 0.699. The van der Waals surface area contributed by atoms with Crippen LogP contribution in [0.5, 0.6) is 0 Å². The van der Waals surface area contributed by atoms with Crippen molar-refractivity contribution in [2.45, 2.75) is 27.7 Å². The summed E-state index contributed by atoms with van der Waals surface area (Å²) in [6.07, 6.45) is 0. The Balaban J connectivity index is 1.83. The predicted octanol–water partition coefficient (Wildman–Crippen LogP) is 5.43. The maximum Gasteiger partial charge on any atom is 0.291 e. The number of rotatable bonds is 3. The van der Waals surface area contributed by atoms with E-state index in [1.54, 1.807) is 6.07 Å². The van der Waals surface area contributed by atoms with Gasteiger partial charge in [-0.15, -0.1) is 0 Å². The fraction of sp³-hybridized carbons (Fsp3) is 0.190. The van der Waals surface area contributed by atoms with Gasteiger partial charge in [0.2, 0.25) is 0 Å². The van der Waals surface area contributed by atoms with E-state index < -0.39 is 0 Å². The monoisotopic (exact) mass is 319 g/mol. The standard InChI is InChI=1S/C21H21NO2/c1-13-5-6-15(3)18(11-13)22-21(23)20-10-9-19(24-20)17-8-7-14(2)16(4)12-17/h5-12H,1-4H3,(H,22,23). The van der Waals surface area contributed by atoms with Crippen LogP contribution >= 0.6 is 0 Å². The summed E-state index contributed by atoms with van der Waals surface area (Å²) in [5.41, 5.74) is 6.34. The van der Waals surface area contributed by atoms with Gasteiger partial charge in [0.05, 0.1) is 0 Å². The zero-order valence-electron chi connectivity index (χ0n) is 14.4. The minimum atomic E-state index is -0.237. The molecule has 0 unspecified atom stereocenters.